The maximum atomic E-state index is 6.20. The van der Waals surface area contributed by atoms with Crippen molar-refractivity contribution >= 4 is 53.1 Å². The van der Waals surface area contributed by atoms with Crippen LogP contribution in [-0.4, -0.2) is 24.7 Å². The molecule has 0 aliphatic heterocycles. The molecule has 1 aromatic carbocycles. The Morgan fingerprint density at radius 2 is 1.81 bits per heavy atom. The van der Waals surface area contributed by atoms with Crippen LogP contribution >= 0.6 is 47.2 Å². The number of halogens is 3. The van der Waals surface area contributed by atoms with E-state index in [1.165, 1.54) is 0 Å². The first-order valence-corrected chi connectivity index (χ1v) is 9.19. The fraction of sp³-hybridized carbons (Fsp3) is 0.444. The normalized spacial score (nSPS) is 11.2. The van der Waals surface area contributed by atoms with Gasteiger partial charge in [0.05, 0.1) is 5.69 Å². The zero-order valence-corrected chi connectivity index (χ0v) is 19.1. The summed E-state index contributed by atoms with van der Waals surface area (Å²) < 4.78 is 5.39. The third kappa shape index (κ3) is 6.03. The van der Waals surface area contributed by atoms with Crippen molar-refractivity contribution < 1.29 is 4.52 Å². The molecule has 144 valence electrons. The van der Waals surface area contributed by atoms with Gasteiger partial charge in [0, 0.05) is 42.2 Å². The summed E-state index contributed by atoms with van der Waals surface area (Å²) in [7, 11) is 1.74. The number of guanidine groups is 1. The van der Waals surface area contributed by atoms with Crippen LogP contribution in [0, 0.1) is 0 Å². The maximum Gasteiger partial charge on any atom is 0.191 e. The summed E-state index contributed by atoms with van der Waals surface area (Å²) in [4.78, 5) is 4.25. The molecule has 1 aromatic heterocycles. The molecule has 0 radical (unpaired) electrons. The lowest BCUT2D eigenvalue weighted by atomic mass is 10.1. The van der Waals surface area contributed by atoms with Crippen LogP contribution in [0.2, 0.25) is 10.0 Å². The molecule has 0 atom stereocenters. The number of hydrogen-bond donors (Lipinski definition) is 2. The van der Waals surface area contributed by atoms with E-state index in [0.717, 1.165) is 35.4 Å². The summed E-state index contributed by atoms with van der Waals surface area (Å²) in [6.07, 6.45) is 2.38. The van der Waals surface area contributed by atoms with Gasteiger partial charge in [-0.15, -0.1) is 24.0 Å². The Balaban J connectivity index is 0.00000338. The highest BCUT2D eigenvalue weighted by Crippen LogP contribution is 2.24. The number of benzene rings is 1. The summed E-state index contributed by atoms with van der Waals surface area (Å²) >= 11 is 12.4. The second kappa shape index (κ2) is 11.7. The molecular formula is C18H25Cl2IN4O. The Morgan fingerprint density at radius 1 is 1.12 bits per heavy atom. The van der Waals surface area contributed by atoms with Gasteiger partial charge in [-0.25, -0.2) is 0 Å². The zero-order valence-electron chi connectivity index (χ0n) is 15.2. The topological polar surface area (TPSA) is 62.5 Å². The average molecular weight is 511 g/mol. The van der Waals surface area contributed by atoms with Crippen molar-refractivity contribution in [1.82, 2.24) is 15.8 Å². The van der Waals surface area contributed by atoms with E-state index in [9.17, 15) is 0 Å². The lowest BCUT2D eigenvalue weighted by Gasteiger charge is -2.13. The largest absolute Gasteiger partial charge is 0.361 e. The predicted molar refractivity (Wildman–Crippen MR) is 119 cm³/mol. The first-order valence-electron chi connectivity index (χ1n) is 8.44. The van der Waals surface area contributed by atoms with E-state index in [1.54, 1.807) is 7.05 Å². The van der Waals surface area contributed by atoms with Gasteiger partial charge in [-0.2, -0.15) is 0 Å². The van der Waals surface area contributed by atoms with Crippen LogP contribution in [0.25, 0.3) is 0 Å². The maximum absolute atomic E-state index is 6.20. The summed E-state index contributed by atoms with van der Waals surface area (Å²) in [5.74, 6) is 1.64. The molecule has 0 unspecified atom stereocenters. The predicted octanol–water partition coefficient (Wildman–Crippen LogP) is 4.63. The van der Waals surface area contributed by atoms with Crippen molar-refractivity contribution in [3.8, 4) is 0 Å². The van der Waals surface area contributed by atoms with Crippen LogP contribution in [0.1, 0.15) is 36.4 Å². The second-order valence-electron chi connectivity index (χ2n) is 5.54. The third-order valence-electron chi connectivity index (χ3n) is 3.99. The number of hydrogen-bond acceptors (Lipinski definition) is 3. The average Bonchev–Trinajstić information content (AvgIpc) is 3.02. The van der Waals surface area contributed by atoms with E-state index in [1.807, 2.05) is 18.2 Å². The smallest absolute Gasteiger partial charge is 0.191 e. The van der Waals surface area contributed by atoms with Crippen LogP contribution in [0.5, 0.6) is 0 Å². The molecule has 0 aliphatic carbocycles. The number of aromatic nitrogens is 1. The molecule has 0 saturated heterocycles. The number of rotatable bonds is 7. The van der Waals surface area contributed by atoms with E-state index in [2.05, 4.69) is 34.6 Å². The van der Waals surface area contributed by atoms with Gasteiger partial charge in [0.2, 0.25) is 0 Å². The fourth-order valence-corrected chi connectivity index (χ4v) is 3.19. The van der Waals surface area contributed by atoms with Crippen LogP contribution in [0.3, 0.4) is 0 Å². The summed E-state index contributed by atoms with van der Waals surface area (Å²) in [5.41, 5.74) is 3.04. The van der Waals surface area contributed by atoms with E-state index in [0.29, 0.717) is 35.5 Å². The molecule has 2 aromatic rings. The molecule has 1 heterocycles. The van der Waals surface area contributed by atoms with Crippen molar-refractivity contribution in [3.05, 3.63) is 50.8 Å². The van der Waals surface area contributed by atoms with E-state index < -0.39 is 0 Å². The first-order chi connectivity index (χ1) is 12.1. The number of aryl methyl sites for hydroxylation is 2. The van der Waals surface area contributed by atoms with Gasteiger partial charge >= 0.3 is 0 Å². The van der Waals surface area contributed by atoms with E-state index in [4.69, 9.17) is 27.7 Å². The Labute approximate surface area is 181 Å². The second-order valence-corrected chi connectivity index (χ2v) is 6.36. The van der Waals surface area contributed by atoms with Gasteiger partial charge in [0.15, 0.2) is 5.96 Å². The van der Waals surface area contributed by atoms with Gasteiger partial charge in [-0.3, -0.25) is 4.99 Å². The van der Waals surface area contributed by atoms with Crippen molar-refractivity contribution in [1.29, 1.82) is 0 Å². The zero-order chi connectivity index (χ0) is 18.2. The lowest BCUT2D eigenvalue weighted by molar-refractivity contribution is 0.380. The van der Waals surface area contributed by atoms with Crippen molar-refractivity contribution in [2.75, 3.05) is 13.6 Å². The lowest BCUT2D eigenvalue weighted by Crippen LogP contribution is -2.38. The summed E-state index contributed by atoms with van der Waals surface area (Å²) in [6, 6.07) is 5.54. The monoisotopic (exact) mass is 510 g/mol. The molecule has 0 bridgehead atoms. The van der Waals surface area contributed by atoms with Crippen LogP contribution in [0.15, 0.2) is 27.7 Å². The minimum absolute atomic E-state index is 0. The number of nitrogens with zero attached hydrogens (tertiary/aromatic N) is 2. The highest BCUT2D eigenvalue weighted by atomic mass is 127. The van der Waals surface area contributed by atoms with Crippen LogP contribution in [-0.2, 0) is 25.8 Å². The number of aliphatic imine (C=N–C) groups is 1. The van der Waals surface area contributed by atoms with Crippen molar-refractivity contribution in [2.24, 2.45) is 4.99 Å². The highest BCUT2D eigenvalue weighted by molar-refractivity contribution is 14.0. The first kappa shape index (κ1) is 23.0. The van der Waals surface area contributed by atoms with Gasteiger partial charge in [0.1, 0.15) is 5.76 Å². The Bertz CT molecular complexity index is 692. The molecule has 5 nitrogen and oxygen atoms in total. The summed E-state index contributed by atoms with van der Waals surface area (Å²) in [5, 5.41) is 12.1. The molecule has 0 amide bonds. The third-order valence-corrected chi connectivity index (χ3v) is 4.70. The molecule has 2 rings (SSSR count). The van der Waals surface area contributed by atoms with Crippen molar-refractivity contribution in [3.63, 3.8) is 0 Å². The van der Waals surface area contributed by atoms with Crippen LogP contribution < -0.4 is 10.6 Å². The van der Waals surface area contributed by atoms with Crippen molar-refractivity contribution in [2.45, 2.75) is 39.7 Å². The molecule has 26 heavy (non-hydrogen) atoms. The molecule has 8 heteroatoms. The molecule has 0 saturated carbocycles. The number of nitrogens with one attached hydrogen (secondary N) is 2. The minimum Gasteiger partial charge on any atom is -0.361 e. The van der Waals surface area contributed by atoms with E-state index >= 15 is 0 Å². The Hall–Kier alpha value is -0.990. The van der Waals surface area contributed by atoms with E-state index in [-0.39, 0.29) is 24.0 Å². The summed E-state index contributed by atoms with van der Waals surface area (Å²) in [6.45, 7) is 5.43. The van der Waals surface area contributed by atoms with Gasteiger partial charge in [0.25, 0.3) is 0 Å². The molecule has 0 fully saturated rings. The molecule has 0 aliphatic rings. The fourth-order valence-electron chi connectivity index (χ4n) is 2.61. The standard InChI is InChI=1S/C18H24Cl2N4O.HI/c1-4-16-13(17(5-2)25-24-16)11-23-18(21-3)22-10-9-12-14(19)7-6-8-15(12)20;/h6-8H,4-5,9-11H2,1-3H3,(H2,21,22,23);1H. The van der Waals surface area contributed by atoms with Gasteiger partial charge in [-0.05, 0) is 30.5 Å². The quantitative estimate of drug-likeness (QED) is 0.324. The van der Waals surface area contributed by atoms with Gasteiger partial charge < -0.3 is 15.2 Å². The highest BCUT2D eigenvalue weighted by Gasteiger charge is 2.13. The Kier molecular flexibility index (Phi) is 10.3. The van der Waals surface area contributed by atoms with Gasteiger partial charge in [-0.1, -0.05) is 48.3 Å². The molecule has 0 spiro atoms. The molecular weight excluding hydrogens is 486 g/mol. The molecule has 2 N–H and O–H groups in total. The SMILES string of the molecule is CCc1noc(CC)c1CNC(=NC)NCCc1c(Cl)cccc1Cl.I. The Morgan fingerprint density at radius 3 is 2.38 bits per heavy atom. The van der Waals surface area contributed by atoms with Crippen LogP contribution in [0.4, 0.5) is 0 Å². The minimum atomic E-state index is 0.